The Hall–Kier alpha value is -1.55. The topological polar surface area (TPSA) is 35.6 Å². The fourth-order valence-corrected chi connectivity index (χ4v) is 4.34. The quantitative estimate of drug-likeness (QED) is 0.779. The first-order valence-corrected chi connectivity index (χ1v) is 10.6. The number of nitrogens with zero attached hydrogens (tertiary/aromatic N) is 2. The predicted octanol–water partition coefficient (Wildman–Crippen LogP) is 4.66. The summed E-state index contributed by atoms with van der Waals surface area (Å²) in [5.74, 6) is 0.0965. The molecule has 0 atom stereocenters. The maximum Gasteiger partial charge on any atom is 0.238 e. The Balaban J connectivity index is 1.49. The number of carbonyl (C=O) groups excluding carboxylic acids is 1. The number of hydrogen-bond acceptors (Lipinski definition) is 3. The van der Waals surface area contributed by atoms with Gasteiger partial charge in [0.1, 0.15) is 0 Å². The molecule has 1 amide bonds. The molecule has 2 aliphatic rings. The highest BCUT2D eigenvalue weighted by atomic mass is 16.2. The van der Waals surface area contributed by atoms with Crippen LogP contribution in [0.1, 0.15) is 64.2 Å². The first-order valence-electron chi connectivity index (χ1n) is 10.6. The van der Waals surface area contributed by atoms with Gasteiger partial charge in [0, 0.05) is 30.5 Å². The summed E-state index contributed by atoms with van der Waals surface area (Å²) in [6.45, 7) is 2.79. The van der Waals surface area contributed by atoms with Crippen LogP contribution >= 0.6 is 0 Å². The molecule has 1 N–H and O–H groups in total. The van der Waals surface area contributed by atoms with Crippen molar-refractivity contribution >= 4 is 17.3 Å². The fourth-order valence-electron chi connectivity index (χ4n) is 4.34. The molecule has 1 aromatic carbocycles. The molecule has 1 aliphatic heterocycles. The number of benzene rings is 1. The summed E-state index contributed by atoms with van der Waals surface area (Å²) in [7, 11) is 2.10. The number of carbonyl (C=O) groups is 1. The van der Waals surface area contributed by atoms with Gasteiger partial charge in [-0.15, -0.1) is 0 Å². The van der Waals surface area contributed by atoms with E-state index in [1.54, 1.807) is 0 Å². The van der Waals surface area contributed by atoms with Gasteiger partial charge in [0.15, 0.2) is 0 Å². The van der Waals surface area contributed by atoms with Crippen molar-refractivity contribution in [3.05, 3.63) is 24.3 Å². The molecule has 0 unspecified atom stereocenters. The Morgan fingerprint density at radius 1 is 0.962 bits per heavy atom. The predicted molar refractivity (Wildman–Crippen MR) is 110 cm³/mol. The molecule has 0 bridgehead atoms. The largest absolute Gasteiger partial charge is 0.372 e. The average molecular weight is 358 g/mol. The van der Waals surface area contributed by atoms with Crippen LogP contribution in [-0.2, 0) is 4.79 Å². The van der Waals surface area contributed by atoms with Gasteiger partial charge in [0.2, 0.25) is 5.91 Å². The van der Waals surface area contributed by atoms with Gasteiger partial charge in [-0.3, -0.25) is 9.69 Å². The van der Waals surface area contributed by atoms with E-state index in [1.165, 1.54) is 69.9 Å². The lowest BCUT2D eigenvalue weighted by Crippen LogP contribution is -2.37. The van der Waals surface area contributed by atoms with Gasteiger partial charge >= 0.3 is 0 Å². The van der Waals surface area contributed by atoms with E-state index < -0.39 is 0 Å². The van der Waals surface area contributed by atoms with Gasteiger partial charge in [-0.25, -0.2) is 0 Å². The Kier molecular flexibility index (Phi) is 7.36. The first kappa shape index (κ1) is 19.2. The standard InChI is InChI=1S/C22H35N3O/c1-24(20-10-6-2-3-7-11-20)18-22(26)23-19-12-14-21(15-13-19)25-16-8-4-5-9-17-25/h12-15,20H,2-11,16-18H2,1H3,(H,23,26). The zero-order chi connectivity index (χ0) is 18.2. The third kappa shape index (κ3) is 5.73. The minimum atomic E-state index is 0.0965. The van der Waals surface area contributed by atoms with Crippen molar-refractivity contribution in [3.63, 3.8) is 0 Å². The summed E-state index contributed by atoms with van der Waals surface area (Å²) in [5.41, 5.74) is 2.18. The van der Waals surface area contributed by atoms with Crippen LogP contribution < -0.4 is 10.2 Å². The van der Waals surface area contributed by atoms with Gasteiger partial charge in [-0.05, 0) is 57.0 Å². The molecule has 1 heterocycles. The number of rotatable bonds is 5. The number of anilines is 2. The Morgan fingerprint density at radius 3 is 2.15 bits per heavy atom. The molecule has 26 heavy (non-hydrogen) atoms. The molecule has 2 fully saturated rings. The van der Waals surface area contributed by atoms with Crippen molar-refractivity contribution in [2.75, 3.05) is 36.9 Å². The molecule has 1 saturated heterocycles. The van der Waals surface area contributed by atoms with Crippen LogP contribution in [-0.4, -0.2) is 43.5 Å². The van der Waals surface area contributed by atoms with Crippen molar-refractivity contribution in [2.24, 2.45) is 0 Å². The maximum absolute atomic E-state index is 12.4. The molecule has 144 valence electrons. The van der Waals surface area contributed by atoms with E-state index in [-0.39, 0.29) is 5.91 Å². The van der Waals surface area contributed by atoms with Crippen LogP contribution in [0.25, 0.3) is 0 Å². The van der Waals surface area contributed by atoms with E-state index in [0.29, 0.717) is 12.6 Å². The van der Waals surface area contributed by atoms with Crippen LogP contribution in [0.3, 0.4) is 0 Å². The number of likely N-dealkylation sites (N-methyl/N-ethyl adjacent to an activating group) is 1. The van der Waals surface area contributed by atoms with Crippen molar-refractivity contribution < 1.29 is 4.79 Å². The third-order valence-corrected chi connectivity index (χ3v) is 5.96. The summed E-state index contributed by atoms with van der Waals surface area (Å²) in [6.07, 6.45) is 13.0. The van der Waals surface area contributed by atoms with Crippen LogP contribution in [0.5, 0.6) is 0 Å². The fraction of sp³-hybridized carbons (Fsp3) is 0.682. The highest BCUT2D eigenvalue weighted by Crippen LogP contribution is 2.23. The maximum atomic E-state index is 12.4. The van der Waals surface area contributed by atoms with Gasteiger partial charge in [0.25, 0.3) is 0 Å². The molecular formula is C22H35N3O. The first-order chi connectivity index (χ1) is 12.7. The molecule has 4 nitrogen and oxygen atoms in total. The van der Waals surface area contributed by atoms with Crippen LogP contribution in [0, 0.1) is 0 Å². The third-order valence-electron chi connectivity index (χ3n) is 5.96. The molecule has 0 radical (unpaired) electrons. The molecule has 4 heteroatoms. The van der Waals surface area contributed by atoms with E-state index in [2.05, 4.69) is 34.3 Å². The summed E-state index contributed by atoms with van der Waals surface area (Å²) in [6, 6.07) is 8.95. The normalized spacial score (nSPS) is 19.8. The highest BCUT2D eigenvalue weighted by molar-refractivity contribution is 5.92. The van der Waals surface area contributed by atoms with E-state index >= 15 is 0 Å². The second-order valence-electron chi connectivity index (χ2n) is 8.06. The molecule has 0 spiro atoms. The molecule has 0 aromatic heterocycles. The monoisotopic (exact) mass is 357 g/mol. The minimum absolute atomic E-state index is 0.0965. The lowest BCUT2D eigenvalue weighted by Gasteiger charge is -2.26. The number of hydrogen-bond donors (Lipinski definition) is 1. The van der Waals surface area contributed by atoms with E-state index in [0.717, 1.165) is 18.8 Å². The Bertz CT molecular complexity index is 541. The number of nitrogens with one attached hydrogen (secondary N) is 1. The van der Waals surface area contributed by atoms with E-state index in [4.69, 9.17) is 0 Å². The SMILES string of the molecule is CN(CC(=O)Nc1ccc(N2CCCCCC2)cc1)C1CCCCCC1. The van der Waals surface area contributed by atoms with Crippen LogP contribution in [0.15, 0.2) is 24.3 Å². The molecular weight excluding hydrogens is 322 g/mol. The molecule has 3 rings (SSSR count). The molecule has 1 saturated carbocycles. The van der Waals surface area contributed by atoms with Crippen molar-refractivity contribution in [1.82, 2.24) is 4.90 Å². The Morgan fingerprint density at radius 2 is 1.54 bits per heavy atom. The Labute approximate surface area is 158 Å². The van der Waals surface area contributed by atoms with Gasteiger partial charge in [-0.2, -0.15) is 0 Å². The molecule has 1 aromatic rings. The van der Waals surface area contributed by atoms with Crippen molar-refractivity contribution in [3.8, 4) is 0 Å². The van der Waals surface area contributed by atoms with Crippen LogP contribution in [0.4, 0.5) is 11.4 Å². The van der Waals surface area contributed by atoms with Gasteiger partial charge in [-0.1, -0.05) is 38.5 Å². The lowest BCUT2D eigenvalue weighted by atomic mass is 10.1. The van der Waals surface area contributed by atoms with Crippen LogP contribution in [0.2, 0.25) is 0 Å². The zero-order valence-electron chi connectivity index (χ0n) is 16.4. The summed E-state index contributed by atoms with van der Waals surface area (Å²) in [5, 5.41) is 3.07. The van der Waals surface area contributed by atoms with E-state index in [1.807, 2.05) is 12.1 Å². The second kappa shape index (κ2) is 9.96. The second-order valence-corrected chi connectivity index (χ2v) is 8.06. The van der Waals surface area contributed by atoms with Gasteiger partial charge in [0.05, 0.1) is 6.54 Å². The van der Waals surface area contributed by atoms with Gasteiger partial charge < -0.3 is 10.2 Å². The average Bonchev–Trinajstić information content (AvgIpc) is 3.07. The summed E-state index contributed by atoms with van der Waals surface area (Å²) >= 11 is 0. The van der Waals surface area contributed by atoms with Crippen molar-refractivity contribution in [1.29, 1.82) is 0 Å². The minimum Gasteiger partial charge on any atom is -0.372 e. The summed E-state index contributed by atoms with van der Waals surface area (Å²) < 4.78 is 0. The molecule has 1 aliphatic carbocycles. The smallest absolute Gasteiger partial charge is 0.238 e. The highest BCUT2D eigenvalue weighted by Gasteiger charge is 2.19. The van der Waals surface area contributed by atoms with E-state index in [9.17, 15) is 4.79 Å². The summed E-state index contributed by atoms with van der Waals surface area (Å²) in [4.78, 5) is 17.1. The number of amides is 1. The lowest BCUT2D eigenvalue weighted by molar-refractivity contribution is -0.117. The zero-order valence-corrected chi connectivity index (χ0v) is 16.4. The van der Waals surface area contributed by atoms with Crippen molar-refractivity contribution in [2.45, 2.75) is 70.3 Å².